The molecule has 4 heteroatoms. The minimum Gasteiger partial charge on any atom is -0.494 e. The molecule has 134 valence electrons. The Hall–Kier alpha value is -1.81. The van der Waals surface area contributed by atoms with Crippen molar-refractivity contribution in [3.8, 4) is 11.4 Å². The van der Waals surface area contributed by atoms with Crippen molar-refractivity contribution < 1.29 is 4.74 Å². The number of hydrogen-bond acceptors (Lipinski definition) is 3. The molecule has 1 fully saturated rings. The van der Waals surface area contributed by atoms with Crippen LogP contribution in [-0.2, 0) is 12.8 Å². The Bertz CT molecular complexity index is 699. The zero-order valence-electron chi connectivity index (χ0n) is 15.3. The summed E-state index contributed by atoms with van der Waals surface area (Å²) in [5.41, 5.74) is 5.17. The van der Waals surface area contributed by atoms with E-state index in [1.807, 2.05) is 0 Å². The molecule has 4 nitrogen and oxygen atoms in total. The lowest BCUT2D eigenvalue weighted by molar-refractivity contribution is 0.205. The lowest BCUT2D eigenvalue weighted by Gasteiger charge is -2.26. The second kappa shape index (κ2) is 7.61. The van der Waals surface area contributed by atoms with Gasteiger partial charge in [-0.15, -0.1) is 0 Å². The van der Waals surface area contributed by atoms with Crippen molar-refractivity contribution in [3.05, 3.63) is 41.2 Å². The zero-order chi connectivity index (χ0) is 17.1. The van der Waals surface area contributed by atoms with Gasteiger partial charge >= 0.3 is 0 Å². The van der Waals surface area contributed by atoms with Crippen molar-refractivity contribution in [2.45, 2.75) is 51.9 Å². The number of fused-ring (bicyclic) bond motifs is 1. The lowest BCUT2D eigenvalue weighted by atomic mass is 10.1. The Morgan fingerprint density at radius 1 is 1.00 bits per heavy atom. The first-order chi connectivity index (χ1) is 12.3. The molecule has 4 rings (SSSR count). The number of hydrogen-bond donors (Lipinski definition) is 0. The minimum atomic E-state index is 0.797. The Labute approximate surface area is 150 Å². The molecule has 0 saturated carbocycles. The monoisotopic (exact) mass is 339 g/mol. The molecule has 1 aliphatic heterocycles. The second-order valence-corrected chi connectivity index (χ2v) is 7.37. The van der Waals surface area contributed by atoms with Gasteiger partial charge in [0.15, 0.2) is 0 Å². The van der Waals surface area contributed by atoms with Crippen LogP contribution in [0.2, 0.25) is 0 Å². The van der Waals surface area contributed by atoms with Gasteiger partial charge in [-0.05, 0) is 88.4 Å². The number of nitrogens with zero attached hydrogens (tertiary/aromatic N) is 3. The summed E-state index contributed by atoms with van der Waals surface area (Å²) >= 11 is 0. The third kappa shape index (κ3) is 3.74. The Morgan fingerprint density at radius 3 is 2.56 bits per heavy atom. The van der Waals surface area contributed by atoms with Gasteiger partial charge in [-0.3, -0.25) is 0 Å². The normalized spacial score (nSPS) is 17.6. The van der Waals surface area contributed by atoms with Crippen molar-refractivity contribution in [2.24, 2.45) is 0 Å². The Balaban J connectivity index is 1.30. The summed E-state index contributed by atoms with van der Waals surface area (Å²) < 4.78 is 8.01. The average Bonchev–Trinajstić information content (AvgIpc) is 3.23. The van der Waals surface area contributed by atoms with Crippen molar-refractivity contribution in [3.63, 3.8) is 0 Å². The summed E-state index contributed by atoms with van der Waals surface area (Å²) in [6, 6.07) is 8.38. The van der Waals surface area contributed by atoms with E-state index < -0.39 is 0 Å². The first-order valence-electron chi connectivity index (χ1n) is 9.84. The second-order valence-electron chi connectivity index (χ2n) is 7.37. The van der Waals surface area contributed by atoms with Crippen molar-refractivity contribution in [1.82, 2.24) is 14.7 Å². The number of benzene rings is 1. The summed E-state index contributed by atoms with van der Waals surface area (Å²) in [6.07, 6.45) is 8.78. The van der Waals surface area contributed by atoms with Gasteiger partial charge in [0.05, 0.1) is 18.0 Å². The molecule has 1 saturated heterocycles. The van der Waals surface area contributed by atoms with E-state index in [9.17, 15) is 0 Å². The third-order valence-electron chi connectivity index (χ3n) is 5.58. The molecule has 2 aromatic rings. The van der Waals surface area contributed by atoms with Gasteiger partial charge in [0, 0.05) is 12.2 Å². The van der Waals surface area contributed by atoms with Crippen LogP contribution in [0.3, 0.4) is 0 Å². The number of likely N-dealkylation sites (tertiary alicyclic amines) is 1. The molecule has 1 aromatic carbocycles. The fourth-order valence-electron chi connectivity index (χ4n) is 4.15. The molecule has 0 unspecified atom stereocenters. The van der Waals surface area contributed by atoms with E-state index in [1.165, 1.54) is 62.1 Å². The maximum absolute atomic E-state index is 5.92. The van der Waals surface area contributed by atoms with Crippen molar-refractivity contribution in [1.29, 1.82) is 0 Å². The van der Waals surface area contributed by atoms with Crippen molar-refractivity contribution in [2.75, 3.05) is 26.2 Å². The molecule has 25 heavy (non-hydrogen) atoms. The van der Waals surface area contributed by atoms with E-state index in [1.54, 1.807) is 0 Å². The van der Waals surface area contributed by atoms with Crippen LogP contribution in [0.25, 0.3) is 5.69 Å². The summed E-state index contributed by atoms with van der Waals surface area (Å²) in [6.45, 7) is 6.67. The minimum absolute atomic E-state index is 0.797. The molecule has 0 amide bonds. The highest BCUT2D eigenvalue weighted by Crippen LogP contribution is 2.26. The van der Waals surface area contributed by atoms with E-state index in [0.717, 1.165) is 37.4 Å². The van der Waals surface area contributed by atoms with Gasteiger partial charge in [0.25, 0.3) is 0 Å². The third-order valence-corrected chi connectivity index (χ3v) is 5.58. The zero-order valence-corrected chi connectivity index (χ0v) is 15.3. The van der Waals surface area contributed by atoms with E-state index in [-0.39, 0.29) is 0 Å². The predicted molar refractivity (Wildman–Crippen MR) is 101 cm³/mol. The summed E-state index contributed by atoms with van der Waals surface area (Å²) in [5, 5.41) is 4.79. The lowest BCUT2D eigenvalue weighted by Crippen LogP contribution is -2.31. The van der Waals surface area contributed by atoms with Crippen LogP contribution in [-0.4, -0.2) is 40.9 Å². The maximum atomic E-state index is 5.92. The largest absolute Gasteiger partial charge is 0.494 e. The fourth-order valence-corrected chi connectivity index (χ4v) is 4.15. The van der Waals surface area contributed by atoms with Gasteiger partial charge in [-0.25, -0.2) is 4.68 Å². The van der Waals surface area contributed by atoms with Gasteiger partial charge < -0.3 is 9.64 Å². The molecule has 1 aromatic heterocycles. The van der Waals surface area contributed by atoms with Gasteiger partial charge in [0.2, 0.25) is 0 Å². The molecule has 0 atom stereocenters. The SMILES string of the molecule is Cc1c2c(nn1-c1ccc(OCCCN3CCCCC3)cc1)CCC2. The van der Waals surface area contributed by atoms with Crippen LogP contribution in [0, 0.1) is 6.92 Å². The smallest absolute Gasteiger partial charge is 0.119 e. The fraction of sp³-hybridized carbons (Fsp3) is 0.571. The number of aromatic nitrogens is 2. The molecular formula is C21H29N3O. The van der Waals surface area contributed by atoms with Crippen LogP contribution in [0.4, 0.5) is 0 Å². The first kappa shape index (κ1) is 16.6. The van der Waals surface area contributed by atoms with Gasteiger partial charge in [0.1, 0.15) is 5.75 Å². The molecule has 0 radical (unpaired) electrons. The highest BCUT2D eigenvalue weighted by Gasteiger charge is 2.20. The van der Waals surface area contributed by atoms with E-state index >= 15 is 0 Å². The number of ether oxygens (including phenoxy) is 1. The molecule has 0 N–H and O–H groups in total. The molecule has 1 aliphatic carbocycles. The summed E-state index contributed by atoms with van der Waals surface area (Å²) in [4.78, 5) is 2.57. The van der Waals surface area contributed by atoms with Crippen LogP contribution in [0.1, 0.15) is 49.1 Å². The topological polar surface area (TPSA) is 30.3 Å². The molecule has 2 aliphatic rings. The first-order valence-corrected chi connectivity index (χ1v) is 9.84. The average molecular weight is 339 g/mol. The predicted octanol–water partition coefficient (Wildman–Crippen LogP) is 3.92. The number of rotatable bonds is 6. The van der Waals surface area contributed by atoms with E-state index in [0.29, 0.717) is 0 Å². The summed E-state index contributed by atoms with van der Waals surface area (Å²) in [7, 11) is 0. The van der Waals surface area contributed by atoms with E-state index in [4.69, 9.17) is 9.84 Å². The van der Waals surface area contributed by atoms with E-state index in [2.05, 4.69) is 40.8 Å². The van der Waals surface area contributed by atoms with Crippen LogP contribution in [0.15, 0.2) is 24.3 Å². The summed E-state index contributed by atoms with van der Waals surface area (Å²) in [5.74, 6) is 0.958. The molecular weight excluding hydrogens is 310 g/mol. The van der Waals surface area contributed by atoms with Gasteiger partial charge in [-0.2, -0.15) is 5.10 Å². The highest BCUT2D eigenvalue weighted by molar-refractivity contribution is 5.41. The van der Waals surface area contributed by atoms with Gasteiger partial charge in [-0.1, -0.05) is 6.42 Å². The van der Waals surface area contributed by atoms with Crippen LogP contribution < -0.4 is 4.74 Å². The van der Waals surface area contributed by atoms with Crippen LogP contribution in [0.5, 0.6) is 5.75 Å². The Kier molecular flexibility index (Phi) is 5.07. The number of aryl methyl sites for hydroxylation is 1. The quantitative estimate of drug-likeness (QED) is 0.747. The van der Waals surface area contributed by atoms with Crippen LogP contribution >= 0.6 is 0 Å². The Morgan fingerprint density at radius 2 is 1.80 bits per heavy atom. The maximum Gasteiger partial charge on any atom is 0.119 e. The number of piperidine rings is 1. The molecule has 0 spiro atoms. The molecule has 2 heterocycles. The van der Waals surface area contributed by atoms with Crippen molar-refractivity contribution >= 4 is 0 Å². The highest BCUT2D eigenvalue weighted by atomic mass is 16.5. The standard InChI is InChI=1S/C21H29N3O/c1-17-20-7-5-8-21(20)22-24(17)18-9-11-19(12-10-18)25-16-6-15-23-13-3-2-4-14-23/h9-12H,2-8,13-16H2,1H3. The molecule has 0 bridgehead atoms.